The Morgan fingerprint density at radius 3 is 2.88 bits per heavy atom. The molecular formula is C20H20N2O2. The summed E-state index contributed by atoms with van der Waals surface area (Å²) in [6.07, 6.45) is 5.88. The molecule has 1 N–H and O–H groups in total. The number of fused-ring (bicyclic) bond motifs is 1. The van der Waals surface area contributed by atoms with Crippen molar-refractivity contribution in [2.45, 2.75) is 19.8 Å². The second-order valence-electron chi connectivity index (χ2n) is 6.10. The summed E-state index contributed by atoms with van der Waals surface area (Å²) in [4.78, 5) is 17.7. The summed E-state index contributed by atoms with van der Waals surface area (Å²) in [5.74, 6) is 1.27. The number of aromatic amines is 1. The molecule has 3 aromatic rings. The first kappa shape index (κ1) is 14.8. The van der Waals surface area contributed by atoms with Crippen LogP contribution >= 0.6 is 0 Å². The first-order valence-electron chi connectivity index (χ1n) is 8.39. The number of hydrogen-bond acceptors (Lipinski definition) is 2. The molecular weight excluding hydrogens is 300 g/mol. The molecule has 0 aliphatic carbocycles. The molecule has 1 aromatic carbocycles. The molecule has 4 rings (SSSR count). The summed E-state index contributed by atoms with van der Waals surface area (Å²) in [5, 5.41) is 1.24. The van der Waals surface area contributed by atoms with Crippen LogP contribution in [0.1, 0.15) is 35.2 Å². The molecule has 0 radical (unpaired) electrons. The molecule has 3 heterocycles. The quantitative estimate of drug-likeness (QED) is 0.784. The summed E-state index contributed by atoms with van der Waals surface area (Å²) < 4.78 is 5.59. The predicted molar refractivity (Wildman–Crippen MR) is 94.9 cm³/mol. The van der Waals surface area contributed by atoms with E-state index in [2.05, 4.69) is 35.5 Å². The number of amides is 1. The third-order valence-corrected chi connectivity index (χ3v) is 4.65. The summed E-state index contributed by atoms with van der Waals surface area (Å²) in [7, 11) is 0. The second kappa shape index (κ2) is 6.04. The van der Waals surface area contributed by atoms with Gasteiger partial charge in [-0.05, 0) is 30.2 Å². The zero-order chi connectivity index (χ0) is 16.5. The maximum Gasteiger partial charge on any atom is 0.289 e. The van der Waals surface area contributed by atoms with Gasteiger partial charge in [-0.1, -0.05) is 31.2 Å². The van der Waals surface area contributed by atoms with Gasteiger partial charge in [0, 0.05) is 42.2 Å². The Hall–Kier alpha value is -2.75. The van der Waals surface area contributed by atoms with Crippen LogP contribution in [-0.2, 0) is 6.42 Å². The van der Waals surface area contributed by atoms with Gasteiger partial charge in [-0.15, -0.1) is 0 Å². The minimum Gasteiger partial charge on any atom is -0.456 e. The van der Waals surface area contributed by atoms with Crippen molar-refractivity contribution in [3.05, 3.63) is 65.8 Å². The molecule has 4 nitrogen and oxygen atoms in total. The Kier molecular flexibility index (Phi) is 3.73. The lowest BCUT2D eigenvalue weighted by Crippen LogP contribution is -2.34. The molecule has 4 heteroatoms. The van der Waals surface area contributed by atoms with E-state index in [1.807, 2.05) is 24.0 Å². The molecule has 1 aliphatic heterocycles. The number of aryl methyl sites for hydroxylation is 1. The number of furan rings is 1. The van der Waals surface area contributed by atoms with Crippen molar-refractivity contribution in [3.63, 3.8) is 0 Å². The molecule has 0 saturated heterocycles. The Balaban J connectivity index is 1.53. The van der Waals surface area contributed by atoms with Crippen LogP contribution < -0.4 is 0 Å². The summed E-state index contributed by atoms with van der Waals surface area (Å²) >= 11 is 0. The zero-order valence-electron chi connectivity index (χ0n) is 13.7. The van der Waals surface area contributed by atoms with E-state index >= 15 is 0 Å². The van der Waals surface area contributed by atoms with Crippen LogP contribution in [0.25, 0.3) is 16.5 Å². The van der Waals surface area contributed by atoms with Crippen molar-refractivity contribution in [2.24, 2.45) is 0 Å². The summed E-state index contributed by atoms with van der Waals surface area (Å²) in [6, 6.07) is 12.0. The Labute approximate surface area is 140 Å². The molecule has 1 amide bonds. The Bertz CT molecular complexity index is 917. The topological polar surface area (TPSA) is 49.2 Å². The smallest absolute Gasteiger partial charge is 0.289 e. The van der Waals surface area contributed by atoms with E-state index in [0.717, 1.165) is 24.1 Å². The molecule has 0 bridgehead atoms. The van der Waals surface area contributed by atoms with Crippen LogP contribution in [0, 0.1) is 0 Å². The van der Waals surface area contributed by atoms with Crippen LogP contribution in [0.4, 0.5) is 0 Å². The maximum atomic E-state index is 12.5. The van der Waals surface area contributed by atoms with Gasteiger partial charge in [0.1, 0.15) is 5.76 Å². The Morgan fingerprint density at radius 1 is 1.25 bits per heavy atom. The fourth-order valence-corrected chi connectivity index (χ4v) is 3.27. The van der Waals surface area contributed by atoms with Crippen molar-refractivity contribution in [1.29, 1.82) is 0 Å². The highest BCUT2D eigenvalue weighted by molar-refractivity contribution is 5.94. The highest BCUT2D eigenvalue weighted by Crippen LogP contribution is 2.29. The van der Waals surface area contributed by atoms with E-state index in [-0.39, 0.29) is 5.91 Å². The number of aromatic nitrogens is 1. The number of para-hydroxylation sites is 1. The Morgan fingerprint density at radius 2 is 2.12 bits per heavy atom. The predicted octanol–water partition coefficient (Wildman–Crippen LogP) is 4.25. The molecule has 0 atom stereocenters. The molecule has 2 aromatic heterocycles. The van der Waals surface area contributed by atoms with E-state index in [1.54, 1.807) is 6.07 Å². The molecule has 1 aliphatic rings. The number of carbonyl (C=O) groups excluding carboxylic acids is 1. The van der Waals surface area contributed by atoms with E-state index in [0.29, 0.717) is 18.8 Å². The molecule has 0 fully saturated rings. The normalized spacial score (nSPS) is 14.9. The van der Waals surface area contributed by atoms with Crippen molar-refractivity contribution < 1.29 is 9.21 Å². The lowest BCUT2D eigenvalue weighted by molar-refractivity contribution is 0.0739. The second-order valence-corrected chi connectivity index (χ2v) is 6.10. The summed E-state index contributed by atoms with van der Waals surface area (Å²) in [6.45, 7) is 3.35. The van der Waals surface area contributed by atoms with Gasteiger partial charge in [-0.25, -0.2) is 0 Å². The van der Waals surface area contributed by atoms with Crippen LogP contribution in [0.2, 0.25) is 0 Å². The average Bonchev–Trinajstić information content (AvgIpc) is 3.28. The van der Waals surface area contributed by atoms with Gasteiger partial charge in [-0.2, -0.15) is 0 Å². The van der Waals surface area contributed by atoms with Crippen LogP contribution in [0.15, 0.2) is 53.1 Å². The minimum atomic E-state index is -0.0241. The van der Waals surface area contributed by atoms with Gasteiger partial charge in [0.15, 0.2) is 5.76 Å². The van der Waals surface area contributed by atoms with Crippen LogP contribution in [0.5, 0.6) is 0 Å². The first-order valence-corrected chi connectivity index (χ1v) is 8.39. The fraction of sp³-hybridized carbons (Fsp3) is 0.250. The molecule has 24 heavy (non-hydrogen) atoms. The SMILES string of the molecule is CCc1ccc(C(=O)N2CC=C(c3c[nH]c4ccccc34)CC2)o1. The largest absolute Gasteiger partial charge is 0.456 e. The monoisotopic (exact) mass is 320 g/mol. The number of H-pyrrole nitrogens is 1. The van der Waals surface area contributed by atoms with Crippen LogP contribution in [0.3, 0.4) is 0 Å². The fourth-order valence-electron chi connectivity index (χ4n) is 3.27. The number of benzene rings is 1. The van der Waals surface area contributed by atoms with Crippen molar-refractivity contribution >= 4 is 22.4 Å². The number of hydrogen-bond donors (Lipinski definition) is 1. The number of nitrogens with one attached hydrogen (secondary N) is 1. The third kappa shape index (κ3) is 2.54. The molecule has 0 spiro atoms. The average molecular weight is 320 g/mol. The minimum absolute atomic E-state index is 0.0241. The van der Waals surface area contributed by atoms with Crippen molar-refractivity contribution in [3.8, 4) is 0 Å². The highest BCUT2D eigenvalue weighted by atomic mass is 16.4. The van der Waals surface area contributed by atoms with Crippen molar-refractivity contribution in [2.75, 3.05) is 13.1 Å². The van der Waals surface area contributed by atoms with E-state index < -0.39 is 0 Å². The van der Waals surface area contributed by atoms with E-state index in [1.165, 1.54) is 16.5 Å². The van der Waals surface area contributed by atoms with Gasteiger partial charge >= 0.3 is 0 Å². The van der Waals surface area contributed by atoms with Gasteiger partial charge in [0.2, 0.25) is 0 Å². The van der Waals surface area contributed by atoms with Gasteiger partial charge in [0.05, 0.1) is 0 Å². The van der Waals surface area contributed by atoms with Gasteiger partial charge in [0.25, 0.3) is 5.91 Å². The molecule has 122 valence electrons. The molecule has 0 saturated carbocycles. The van der Waals surface area contributed by atoms with E-state index in [4.69, 9.17) is 4.42 Å². The number of nitrogens with zero attached hydrogens (tertiary/aromatic N) is 1. The third-order valence-electron chi connectivity index (χ3n) is 4.65. The standard InChI is InChI=1S/C20H20N2O2/c1-2-15-7-8-19(24-15)20(23)22-11-9-14(10-12-22)17-13-21-18-6-4-3-5-16(17)18/h3-9,13,21H,2,10-12H2,1H3. The van der Waals surface area contributed by atoms with Crippen molar-refractivity contribution in [1.82, 2.24) is 9.88 Å². The zero-order valence-corrected chi connectivity index (χ0v) is 13.7. The number of carbonyl (C=O) groups is 1. The number of rotatable bonds is 3. The maximum absolute atomic E-state index is 12.5. The summed E-state index contributed by atoms with van der Waals surface area (Å²) in [5.41, 5.74) is 3.68. The van der Waals surface area contributed by atoms with Gasteiger partial charge < -0.3 is 14.3 Å². The van der Waals surface area contributed by atoms with Crippen LogP contribution in [-0.4, -0.2) is 28.9 Å². The lowest BCUT2D eigenvalue weighted by Gasteiger charge is -2.25. The molecule has 0 unspecified atom stereocenters. The lowest BCUT2D eigenvalue weighted by atomic mass is 9.99. The van der Waals surface area contributed by atoms with Gasteiger partial charge in [-0.3, -0.25) is 4.79 Å². The highest BCUT2D eigenvalue weighted by Gasteiger charge is 2.22. The van der Waals surface area contributed by atoms with E-state index in [9.17, 15) is 4.79 Å². The first-order chi connectivity index (χ1) is 11.8.